The molecule has 11 heavy (non-hydrogen) atoms. The lowest BCUT2D eigenvalue weighted by atomic mass is 9.93. The van der Waals surface area contributed by atoms with Gasteiger partial charge >= 0.3 is 0 Å². The first-order chi connectivity index (χ1) is 5.33. The molecule has 1 aliphatic rings. The van der Waals surface area contributed by atoms with Crippen molar-refractivity contribution in [2.75, 3.05) is 6.54 Å². The molecular weight excluding hydrogens is 156 g/mol. The van der Waals surface area contributed by atoms with E-state index < -0.39 is 0 Å². The molecule has 60 valence electrons. The van der Waals surface area contributed by atoms with E-state index in [2.05, 4.69) is 16.6 Å². The summed E-state index contributed by atoms with van der Waals surface area (Å²) >= 11 is 4.98. The van der Waals surface area contributed by atoms with Gasteiger partial charge in [-0.3, -0.25) is 0 Å². The minimum Gasteiger partial charge on any atom is -0.360 e. The van der Waals surface area contributed by atoms with Gasteiger partial charge in [-0.25, -0.2) is 0 Å². The van der Waals surface area contributed by atoms with Gasteiger partial charge in [0.2, 0.25) is 0 Å². The van der Waals surface area contributed by atoms with Gasteiger partial charge in [0.1, 0.15) is 0 Å². The van der Waals surface area contributed by atoms with E-state index in [0.717, 1.165) is 0 Å². The van der Waals surface area contributed by atoms with Crippen LogP contribution in [0.3, 0.4) is 0 Å². The van der Waals surface area contributed by atoms with E-state index >= 15 is 0 Å². The largest absolute Gasteiger partial charge is 0.360 e. The molecule has 0 atom stereocenters. The van der Waals surface area contributed by atoms with Gasteiger partial charge in [-0.15, -0.1) is 6.42 Å². The first-order valence-corrected chi connectivity index (χ1v) is 4.21. The van der Waals surface area contributed by atoms with Crippen molar-refractivity contribution in [3.8, 4) is 12.3 Å². The van der Waals surface area contributed by atoms with Crippen molar-refractivity contribution >= 4 is 17.3 Å². The maximum Gasteiger partial charge on any atom is 0.167 e. The molecule has 0 amide bonds. The fraction of sp³-hybridized carbons (Fsp3) is 0.625. The average molecular weight is 168 g/mol. The summed E-state index contributed by atoms with van der Waals surface area (Å²) in [5, 5.41) is 6.78. The molecule has 0 spiro atoms. The summed E-state index contributed by atoms with van der Waals surface area (Å²) in [5.74, 6) is 2.47. The molecule has 0 aromatic rings. The van der Waals surface area contributed by atoms with Gasteiger partial charge in [-0.1, -0.05) is 5.92 Å². The zero-order valence-corrected chi connectivity index (χ0v) is 7.21. The Balaban J connectivity index is 2.06. The first-order valence-electron chi connectivity index (χ1n) is 3.81. The van der Waals surface area contributed by atoms with Gasteiger partial charge in [0, 0.05) is 6.04 Å². The lowest BCUT2D eigenvalue weighted by molar-refractivity contribution is 0.382. The van der Waals surface area contributed by atoms with Crippen molar-refractivity contribution in [3.05, 3.63) is 0 Å². The van der Waals surface area contributed by atoms with Crippen LogP contribution >= 0.6 is 12.2 Å². The molecular formula is C8H12N2S. The predicted molar refractivity (Wildman–Crippen MR) is 50.2 cm³/mol. The minimum atomic E-state index is 0.512. The summed E-state index contributed by atoms with van der Waals surface area (Å²) in [7, 11) is 0. The summed E-state index contributed by atoms with van der Waals surface area (Å²) in [4.78, 5) is 0. The van der Waals surface area contributed by atoms with Gasteiger partial charge in [-0.05, 0) is 31.5 Å². The molecule has 0 aliphatic heterocycles. The Hall–Kier alpha value is -0.750. The van der Waals surface area contributed by atoms with Crippen LogP contribution in [0.15, 0.2) is 0 Å². The van der Waals surface area contributed by atoms with E-state index in [-0.39, 0.29) is 0 Å². The molecule has 1 rings (SSSR count). The Morgan fingerprint density at radius 2 is 2.36 bits per heavy atom. The number of nitrogens with one attached hydrogen (secondary N) is 2. The SMILES string of the molecule is C#CCNC(=S)NC1CCC1. The molecule has 2 nitrogen and oxygen atoms in total. The van der Waals surface area contributed by atoms with Gasteiger partial charge in [-0.2, -0.15) is 0 Å². The molecule has 0 bridgehead atoms. The number of rotatable bonds is 2. The van der Waals surface area contributed by atoms with Gasteiger partial charge < -0.3 is 10.6 Å². The third-order valence-electron chi connectivity index (χ3n) is 1.79. The molecule has 0 aromatic heterocycles. The fourth-order valence-corrected chi connectivity index (χ4v) is 1.16. The monoisotopic (exact) mass is 168 g/mol. The topological polar surface area (TPSA) is 24.1 Å². The second-order valence-electron chi connectivity index (χ2n) is 2.66. The highest BCUT2D eigenvalue weighted by atomic mass is 32.1. The average Bonchev–Trinajstić information content (AvgIpc) is 1.93. The highest BCUT2D eigenvalue weighted by molar-refractivity contribution is 7.80. The molecule has 0 unspecified atom stereocenters. The van der Waals surface area contributed by atoms with Crippen molar-refractivity contribution in [2.24, 2.45) is 0 Å². The molecule has 3 heteroatoms. The standard InChI is InChI=1S/C8H12N2S/c1-2-6-9-8(11)10-7-4-3-5-7/h1,7H,3-6H2,(H2,9,10,11). The van der Waals surface area contributed by atoms with E-state index in [0.29, 0.717) is 17.7 Å². The lowest BCUT2D eigenvalue weighted by Gasteiger charge is -2.27. The zero-order chi connectivity index (χ0) is 8.10. The fourth-order valence-electron chi connectivity index (χ4n) is 0.920. The molecule has 0 aromatic carbocycles. The number of hydrogen-bond donors (Lipinski definition) is 2. The molecule has 0 radical (unpaired) electrons. The van der Waals surface area contributed by atoms with E-state index in [9.17, 15) is 0 Å². The highest BCUT2D eigenvalue weighted by Crippen LogP contribution is 2.17. The van der Waals surface area contributed by atoms with E-state index in [1.54, 1.807) is 0 Å². The van der Waals surface area contributed by atoms with Gasteiger partial charge in [0.15, 0.2) is 5.11 Å². The van der Waals surface area contributed by atoms with Crippen LogP contribution < -0.4 is 10.6 Å². The second kappa shape index (κ2) is 4.20. The van der Waals surface area contributed by atoms with E-state index in [1.165, 1.54) is 19.3 Å². The summed E-state index contributed by atoms with van der Waals surface area (Å²) in [5.41, 5.74) is 0. The maximum absolute atomic E-state index is 5.05. The molecule has 1 fully saturated rings. The van der Waals surface area contributed by atoms with Crippen LogP contribution in [0.5, 0.6) is 0 Å². The predicted octanol–water partition coefficient (Wildman–Crippen LogP) is 0.636. The molecule has 1 aliphatic carbocycles. The normalized spacial score (nSPS) is 16.3. The smallest absolute Gasteiger partial charge is 0.167 e. The van der Waals surface area contributed by atoms with Crippen molar-refractivity contribution in [1.82, 2.24) is 10.6 Å². The first kappa shape index (κ1) is 8.35. The lowest BCUT2D eigenvalue weighted by Crippen LogP contribution is -2.45. The van der Waals surface area contributed by atoms with Crippen LogP contribution in [0.25, 0.3) is 0 Å². The summed E-state index contributed by atoms with van der Waals surface area (Å²) in [6.07, 6.45) is 8.84. The Kier molecular flexibility index (Phi) is 3.18. The molecule has 0 heterocycles. The van der Waals surface area contributed by atoms with Crippen molar-refractivity contribution < 1.29 is 0 Å². The summed E-state index contributed by atoms with van der Waals surface area (Å²) in [6.45, 7) is 0.512. The quantitative estimate of drug-likeness (QED) is 0.467. The summed E-state index contributed by atoms with van der Waals surface area (Å²) < 4.78 is 0. The highest BCUT2D eigenvalue weighted by Gasteiger charge is 2.17. The van der Waals surface area contributed by atoms with Crippen molar-refractivity contribution in [3.63, 3.8) is 0 Å². The number of thiocarbonyl (C=S) groups is 1. The Bertz CT molecular complexity index is 179. The van der Waals surface area contributed by atoms with Crippen LogP contribution in [-0.4, -0.2) is 17.7 Å². The van der Waals surface area contributed by atoms with Crippen LogP contribution in [0.1, 0.15) is 19.3 Å². The third-order valence-corrected chi connectivity index (χ3v) is 2.05. The number of hydrogen-bond acceptors (Lipinski definition) is 1. The molecule has 1 saturated carbocycles. The molecule has 0 saturated heterocycles. The Morgan fingerprint density at radius 1 is 1.64 bits per heavy atom. The Labute approximate surface area is 72.7 Å². The van der Waals surface area contributed by atoms with Crippen molar-refractivity contribution in [1.29, 1.82) is 0 Å². The van der Waals surface area contributed by atoms with Gasteiger partial charge in [0.05, 0.1) is 6.54 Å². The minimum absolute atomic E-state index is 0.512. The Morgan fingerprint density at radius 3 is 2.82 bits per heavy atom. The zero-order valence-electron chi connectivity index (χ0n) is 6.39. The third kappa shape index (κ3) is 2.77. The van der Waals surface area contributed by atoms with Crippen LogP contribution in [0, 0.1) is 12.3 Å². The van der Waals surface area contributed by atoms with E-state index in [4.69, 9.17) is 18.6 Å². The second-order valence-corrected chi connectivity index (χ2v) is 3.07. The molecule has 2 N–H and O–H groups in total. The number of terminal acetylenes is 1. The maximum atomic E-state index is 5.05. The van der Waals surface area contributed by atoms with E-state index in [1.807, 2.05) is 0 Å². The van der Waals surface area contributed by atoms with Crippen LogP contribution in [0.4, 0.5) is 0 Å². The van der Waals surface area contributed by atoms with Crippen LogP contribution in [-0.2, 0) is 0 Å². The van der Waals surface area contributed by atoms with Crippen molar-refractivity contribution in [2.45, 2.75) is 25.3 Å². The van der Waals surface area contributed by atoms with Gasteiger partial charge in [0.25, 0.3) is 0 Å². The summed E-state index contributed by atoms with van der Waals surface area (Å²) in [6, 6.07) is 0.591. The van der Waals surface area contributed by atoms with Crippen LogP contribution in [0.2, 0.25) is 0 Å².